The van der Waals surface area contributed by atoms with E-state index in [1.165, 1.54) is 6.92 Å². The summed E-state index contributed by atoms with van der Waals surface area (Å²) in [4.78, 5) is 23.8. The summed E-state index contributed by atoms with van der Waals surface area (Å²) in [6.07, 6.45) is 1.54. The van der Waals surface area contributed by atoms with Crippen molar-refractivity contribution in [3.8, 4) is 11.4 Å². The fourth-order valence-corrected chi connectivity index (χ4v) is 2.93. The zero-order valence-corrected chi connectivity index (χ0v) is 16.4. The van der Waals surface area contributed by atoms with Crippen molar-refractivity contribution < 1.29 is 14.3 Å². The number of hydrogen-bond donors (Lipinski definition) is 1. The molecule has 3 rings (SSSR count). The van der Waals surface area contributed by atoms with E-state index in [1.54, 1.807) is 35.1 Å². The second-order valence-electron chi connectivity index (χ2n) is 6.94. The standard InChI is InChI=1S/C22H23N3O3/c1-14(2)21-20(13-23-25(21)18-9-5-15(3)6-10-18)22(27)28-19-11-7-17(8-12-19)24-16(4)26/h5-14H,1-4H3,(H,24,26). The van der Waals surface area contributed by atoms with E-state index in [4.69, 9.17) is 4.74 Å². The van der Waals surface area contributed by atoms with Gasteiger partial charge >= 0.3 is 5.97 Å². The molecule has 0 bridgehead atoms. The van der Waals surface area contributed by atoms with Gasteiger partial charge in [-0.15, -0.1) is 0 Å². The SMILES string of the molecule is CC(=O)Nc1ccc(OC(=O)c2cnn(-c3ccc(C)cc3)c2C(C)C)cc1. The number of hydrogen-bond acceptors (Lipinski definition) is 4. The van der Waals surface area contributed by atoms with Gasteiger partial charge in [0.15, 0.2) is 0 Å². The summed E-state index contributed by atoms with van der Waals surface area (Å²) in [7, 11) is 0. The minimum Gasteiger partial charge on any atom is -0.423 e. The third-order valence-electron chi connectivity index (χ3n) is 4.24. The second-order valence-corrected chi connectivity index (χ2v) is 6.94. The summed E-state index contributed by atoms with van der Waals surface area (Å²) in [5, 5.41) is 7.09. The van der Waals surface area contributed by atoms with E-state index in [9.17, 15) is 9.59 Å². The maximum absolute atomic E-state index is 12.8. The molecule has 28 heavy (non-hydrogen) atoms. The van der Waals surface area contributed by atoms with Crippen LogP contribution in [-0.4, -0.2) is 21.7 Å². The van der Waals surface area contributed by atoms with Gasteiger partial charge in [0, 0.05) is 12.6 Å². The first-order valence-electron chi connectivity index (χ1n) is 9.10. The van der Waals surface area contributed by atoms with Crippen LogP contribution >= 0.6 is 0 Å². The van der Waals surface area contributed by atoms with E-state index in [2.05, 4.69) is 10.4 Å². The Labute approximate surface area is 164 Å². The van der Waals surface area contributed by atoms with Crippen molar-refractivity contribution in [2.75, 3.05) is 5.32 Å². The summed E-state index contributed by atoms with van der Waals surface area (Å²) >= 11 is 0. The molecule has 1 amide bonds. The van der Waals surface area contributed by atoms with Crippen molar-refractivity contribution in [2.45, 2.75) is 33.6 Å². The fourth-order valence-electron chi connectivity index (χ4n) is 2.93. The van der Waals surface area contributed by atoms with Gasteiger partial charge in [-0.2, -0.15) is 5.10 Å². The minimum absolute atomic E-state index is 0.0773. The average molecular weight is 377 g/mol. The van der Waals surface area contributed by atoms with Crippen LogP contribution in [0.1, 0.15) is 48.3 Å². The van der Waals surface area contributed by atoms with E-state index in [1.807, 2.05) is 45.0 Å². The van der Waals surface area contributed by atoms with Crippen LogP contribution in [0.4, 0.5) is 5.69 Å². The van der Waals surface area contributed by atoms with Gasteiger partial charge in [0.2, 0.25) is 5.91 Å². The van der Waals surface area contributed by atoms with Crippen molar-refractivity contribution in [1.29, 1.82) is 0 Å². The number of benzene rings is 2. The molecule has 1 N–H and O–H groups in total. The molecule has 0 aliphatic heterocycles. The van der Waals surface area contributed by atoms with Crippen LogP contribution in [0.5, 0.6) is 5.75 Å². The van der Waals surface area contributed by atoms with Gasteiger partial charge in [0.1, 0.15) is 11.3 Å². The van der Waals surface area contributed by atoms with E-state index < -0.39 is 5.97 Å². The van der Waals surface area contributed by atoms with Crippen LogP contribution in [0.3, 0.4) is 0 Å². The summed E-state index contributed by atoms with van der Waals surface area (Å²) in [6.45, 7) is 7.49. The summed E-state index contributed by atoms with van der Waals surface area (Å²) in [6, 6.07) is 14.6. The first-order valence-corrected chi connectivity index (χ1v) is 9.10. The average Bonchev–Trinajstić information content (AvgIpc) is 3.09. The number of aryl methyl sites for hydroxylation is 1. The molecule has 6 nitrogen and oxygen atoms in total. The van der Waals surface area contributed by atoms with Crippen LogP contribution in [0, 0.1) is 6.92 Å². The summed E-state index contributed by atoms with van der Waals surface area (Å²) < 4.78 is 7.29. The van der Waals surface area contributed by atoms with Gasteiger partial charge in [0.25, 0.3) is 0 Å². The normalized spacial score (nSPS) is 10.8. The Bertz CT molecular complexity index is 987. The molecule has 0 radical (unpaired) electrons. The Morgan fingerprint density at radius 2 is 1.68 bits per heavy atom. The molecule has 0 aliphatic carbocycles. The lowest BCUT2D eigenvalue weighted by molar-refractivity contribution is -0.114. The molecule has 2 aromatic carbocycles. The molecule has 0 unspecified atom stereocenters. The number of anilines is 1. The Hall–Kier alpha value is -3.41. The Balaban J connectivity index is 1.85. The lowest BCUT2D eigenvalue weighted by Gasteiger charge is -2.13. The van der Waals surface area contributed by atoms with Gasteiger partial charge in [0.05, 0.1) is 17.6 Å². The molecule has 0 fully saturated rings. The van der Waals surface area contributed by atoms with Crippen LogP contribution in [-0.2, 0) is 4.79 Å². The Morgan fingerprint density at radius 3 is 2.25 bits per heavy atom. The number of aromatic nitrogens is 2. The van der Waals surface area contributed by atoms with Crippen LogP contribution < -0.4 is 10.1 Å². The Kier molecular flexibility index (Phi) is 5.59. The molecule has 1 aromatic heterocycles. The van der Waals surface area contributed by atoms with E-state index in [-0.39, 0.29) is 11.8 Å². The highest BCUT2D eigenvalue weighted by molar-refractivity contribution is 5.92. The largest absolute Gasteiger partial charge is 0.423 e. The molecule has 0 aliphatic rings. The minimum atomic E-state index is -0.464. The summed E-state index contributed by atoms with van der Waals surface area (Å²) in [5.41, 5.74) is 3.92. The number of esters is 1. The summed E-state index contributed by atoms with van der Waals surface area (Å²) in [5.74, 6) is -0.144. The highest BCUT2D eigenvalue weighted by Crippen LogP contribution is 2.25. The topological polar surface area (TPSA) is 73.2 Å². The maximum Gasteiger partial charge on any atom is 0.347 e. The number of amides is 1. The molecule has 0 saturated heterocycles. The van der Waals surface area contributed by atoms with Crippen molar-refractivity contribution in [3.05, 3.63) is 71.5 Å². The van der Waals surface area contributed by atoms with Crippen molar-refractivity contribution in [1.82, 2.24) is 9.78 Å². The van der Waals surface area contributed by atoms with Crippen LogP contribution in [0.2, 0.25) is 0 Å². The number of carbonyl (C=O) groups is 2. The van der Waals surface area contributed by atoms with Crippen molar-refractivity contribution in [3.63, 3.8) is 0 Å². The number of nitrogens with one attached hydrogen (secondary N) is 1. The monoisotopic (exact) mass is 377 g/mol. The molecule has 144 valence electrons. The number of nitrogens with zero attached hydrogens (tertiary/aromatic N) is 2. The number of rotatable bonds is 5. The van der Waals surface area contributed by atoms with E-state index in [0.717, 1.165) is 16.9 Å². The molecule has 0 atom stereocenters. The quantitative estimate of drug-likeness (QED) is 0.525. The molecular weight excluding hydrogens is 354 g/mol. The molecule has 6 heteroatoms. The lowest BCUT2D eigenvalue weighted by atomic mass is 10.1. The third-order valence-corrected chi connectivity index (χ3v) is 4.24. The van der Waals surface area contributed by atoms with Crippen LogP contribution in [0.15, 0.2) is 54.7 Å². The number of ether oxygens (including phenoxy) is 1. The molecule has 1 heterocycles. The number of carbonyl (C=O) groups excluding carboxylic acids is 2. The Morgan fingerprint density at radius 1 is 1.04 bits per heavy atom. The predicted octanol–water partition coefficient (Wildman–Crippen LogP) is 4.48. The zero-order chi connectivity index (χ0) is 20.3. The van der Waals surface area contributed by atoms with Crippen molar-refractivity contribution in [2.24, 2.45) is 0 Å². The zero-order valence-electron chi connectivity index (χ0n) is 16.4. The highest BCUT2D eigenvalue weighted by Gasteiger charge is 2.22. The first kappa shape index (κ1) is 19.4. The molecular formula is C22H23N3O3. The highest BCUT2D eigenvalue weighted by atomic mass is 16.5. The van der Waals surface area contributed by atoms with Crippen molar-refractivity contribution >= 4 is 17.6 Å². The molecule has 3 aromatic rings. The van der Waals surface area contributed by atoms with Gasteiger partial charge in [-0.05, 0) is 49.2 Å². The fraction of sp³-hybridized carbons (Fsp3) is 0.227. The van der Waals surface area contributed by atoms with Gasteiger partial charge in [-0.1, -0.05) is 31.5 Å². The van der Waals surface area contributed by atoms with E-state index >= 15 is 0 Å². The smallest absolute Gasteiger partial charge is 0.347 e. The van der Waals surface area contributed by atoms with Gasteiger partial charge in [-0.3, -0.25) is 4.79 Å². The maximum atomic E-state index is 12.8. The van der Waals surface area contributed by atoms with Gasteiger partial charge < -0.3 is 10.1 Å². The second kappa shape index (κ2) is 8.08. The molecule has 0 saturated carbocycles. The lowest BCUT2D eigenvalue weighted by Crippen LogP contribution is -2.13. The third kappa shape index (κ3) is 4.28. The molecule has 0 spiro atoms. The predicted molar refractivity (Wildman–Crippen MR) is 108 cm³/mol. The van der Waals surface area contributed by atoms with E-state index in [0.29, 0.717) is 17.0 Å². The van der Waals surface area contributed by atoms with Gasteiger partial charge in [-0.25, -0.2) is 9.48 Å². The first-order chi connectivity index (χ1) is 13.3. The van der Waals surface area contributed by atoms with Crippen LogP contribution in [0.25, 0.3) is 5.69 Å².